The van der Waals surface area contributed by atoms with Gasteiger partial charge in [-0.3, -0.25) is 14.6 Å². The number of carbonyl (C=O) groups excluding carboxylic acids is 1. The first kappa shape index (κ1) is 16.8. The third kappa shape index (κ3) is 2.88. The van der Waals surface area contributed by atoms with Crippen molar-refractivity contribution >= 4 is 39.9 Å². The normalized spacial score (nSPS) is 11.1. The van der Waals surface area contributed by atoms with Crippen molar-refractivity contribution in [1.82, 2.24) is 9.55 Å². The Kier molecular flexibility index (Phi) is 4.56. The van der Waals surface area contributed by atoms with Crippen molar-refractivity contribution in [3.63, 3.8) is 0 Å². The second-order valence-electron chi connectivity index (χ2n) is 5.88. The van der Waals surface area contributed by atoms with Gasteiger partial charge in [-0.1, -0.05) is 19.4 Å². The molecule has 0 spiro atoms. The van der Waals surface area contributed by atoms with Gasteiger partial charge in [-0.15, -0.1) is 0 Å². The molecule has 0 bridgehead atoms. The van der Waals surface area contributed by atoms with Gasteiger partial charge < -0.3 is 20.1 Å². The molecule has 7 heteroatoms. The minimum absolute atomic E-state index is 0.000766. The number of rotatable bonds is 7. The van der Waals surface area contributed by atoms with Crippen molar-refractivity contribution in [3.8, 4) is 5.75 Å². The van der Waals surface area contributed by atoms with Crippen molar-refractivity contribution in [2.45, 2.75) is 32.7 Å². The summed E-state index contributed by atoms with van der Waals surface area (Å²) in [6.45, 7) is 2.83. The molecule has 0 radical (unpaired) electrons. The van der Waals surface area contributed by atoms with E-state index in [1.165, 1.54) is 6.20 Å². The summed E-state index contributed by atoms with van der Waals surface area (Å²) in [5.41, 5.74) is 2.48. The lowest BCUT2D eigenvalue weighted by molar-refractivity contribution is -0.136. The Morgan fingerprint density at radius 2 is 2.08 bits per heavy atom. The number of aliphatic carboxylic acids is 1. The summed E-state index contributed by atoms with van der Waals surface area (Å²) in [6, 6.07) is 3.53. The molecule has 1 amide bonds. The standard InChI is InChI=1S/C18H19N3O4/c1-2-3-6-21-12-5-4-11(7-15(24)25)18(20-10-22)17(12)16-13(21)8-19-9-14(16)23/h4-5,8-10,23H,2-3,6-7H2,1H3,(H,20,22)(H,24,25). The van der Waals surface area contributed by atoms with E-state index in [4.69, 9.17) is 5.11 Å². The van der Waals surface area contributed by atoms with Crippen LogP contribution in [-0.4, -0.2) is 32.1 Å². The number of aromatic hydroxyl groups is 1. The van der Waals surface area contributed by atoms with Gasteiger partial charge >= 0.3 is 5.97 Å². The quantitative estimate of drug-likeness (QED) is 0.573. The molecular weight excluding hydrogens is 322 g/mol. The van der Waals surface area contributed by atoms with Gasteiger partial charge in [0, 0.05) is 11.9 Å². The Balaban J connectivity index is 2.41. The minimum atomic E-state index is -0.992. The molecule has 0 saturated heterocycles. The maximum absolute atomic E-state index is 11.2. The zero-order valence-electron chi connectivity index (χ0n) is 13.8. The van der Waals surface area contributed by atoms with Crippen molar-refractivity contribution < 1.29 is 19.8 Å². The molecule has 0 saturated carbocycles. The number of hydrogen-bond acceptors (Lipinski definition) is 4. The summed E-state index contributed by atoms with van der Waals surface area (Å²) in [5, 5.41) is 23.3. The lowest BCUT2D eigenvalue weighted by atomic mass is 10.0. The highest BCUT2D eigenvalue weighted by molar-refractivity contribution is 6.18. The Bertz CT molecular complexity index is 962. The summed E-state index contributed by atoms with van der Waals surface area (Å²) in [6.07, 6.45) is 5.27. The van der Waals surface area contributed by atoms with E-state index in [0.717, 1.165) is 30.4 Å². The Labute approximate surface area is 143 Å². The second-order valence-corrected chi connectivity index (χ2v) is 5.88. The minimum Gasteiger partial charge on any atom is -0.506 e. The largest absolute Gasteiger partial charge is 0.506 e. The van der Waals surface area contributed by atoms with Gasteiger partial charge in [-0.25, -0.2) is 0 Å². The van der Waals surface area contributed by atoms with Crippen LogP contribution in [0.15, 0.2) is 24.5 Å². The van der Waals surface area contributed by atoms with E-state index >= 15 is 0 Å². The number of carboxylic acids is 1. The summed E-state index contributed by atoms with van der Waals surface area (Å²) in [7, 11) is 0. The first-order valence-electron chi connectivity index (χ1n) is 8.11. The number of nitrogens with zero attached hydrogens (tertiary/aromatic N) is 2. The van der Waals surface area contributed by atoms with Crippen molar-refractivity contribution in [2.24, 2.45) is 0 Å². The van der Waals surface area contributed by atoms with Crippen LogP contribution in [0.5, 0.6) is 5.75 Å². The molecule has 0 fully saturated rings. The van der Waals surface area contributed by atoms with Gasteiger partial charge in [0.15, 0.2) is 0 Å². The number of amides is 1. The van der Waals surface area contributed by atoms with Crippen LogP contribution in [0.25, 0.3) is 21.8 Å². The number of hydrogen-bond donors (Lipinski definition) is 3. The average Bonchev–Trinajstić information content (AvgIpc) is 2.90. The van der Waals surface area contributed by atoms with Crippen LogP contribution < -0.4 is 5.32 Å². The molecule has 130 valence electrons. The van der Waals surface area contributed by atoms with Gasteiger partial charge in [0.1, 0.15) is 5.75 Å². The first-order chi connectivity index (χ1) is 12.1. The fraction of sp³-hybridized carbons (Fsp3) is 0.278. The van der Waals surface area contributed by atoms with Crippen LogP contribution in [0.2, 0.25) is 0 Å². The molecule has 3 aromatic rings. The lowest BCUT2D eigenvalue weighted by Crippen LogP contribution is -2.06. The maximum atomic E-state index is 11.2. The topological polar surface area (TPSA) is 104 Å². The van der Waals surface area contributed by atoms with Gasteiger partial charge in [-0.2, -0.15) is 0 Å². The molecule has 3 N–H and O–H groups in total. The zero-order valence-corrected chi connectivity index (χ0v) is 13.8. The second kappa shape index (κ2) is 6.80. The number of carbonyl (C=O) groups is 2. The van der Waals surface area contributed by atoms with Crippen LogP contribution in [-0.2, 0) is 22.6 Å². The maximum Gasteiger partial charge on any atom is 0.307 e. The fourth-order valence-electron chi connectivity index (χ4n) is 3.23. The van der Waals surface area contributed by atoms with E-state index in [1.54, 1.807) is 12.3 Å². The summed E-state index contributed by atoms with van der Waals surface area (Å²) in [4.78, 5) is 26.3. The van der Waals surface area contributed by atoms with Crippen LogP contribution in [0.3, 0.4) is 0 Å². The van der Waals surface area contributed by atoms with E-state index in [2.05, 4.69) is 17.2 Å². The number of aryl methyl sites for hydroxylation is 1. The Hall–Kier alpha value is -3.09. The summed E-state index contributed by atoms with van der Waals surface area (Å²) in [5.74, 6) is -0.993. The van der Waals surface area contributed by atoms with E-state index in [0.29, 0.717) is 28.4 Å². The highest BCUT2D eigenvalue weighted by atomic mass is 16.4. The van der Waals surface area contributed by atoms with Crippen molar-refractivity contribution in [2.75, 3.05) is 5.32 Å². The zero-order chi connectivity index (χ0) is 18.0. The number of fused-ring (bicyclic) bond motifs is 3. The van der Waals surface area contributed by atoms with Crippen molar-refractivity contribution in [3.05, 3.63) is 30.1 Å². The molecule has 0 aliphatic rings. The van der Waals surface area contributed by atoms with Gasteiger partial charge in [-0.05, 0) is 18.1 Å². The van der Waals surface area contributed by atoms with Crippen molar-refractivity contribution in [1.29, 1.82) is 0 Å². The van der Waals surface area contributed by atoms with Crippen LogP contribution >= 0.6 is 0 Å². The van der Waals surface area contributed by atoms with Gasteiger partial charge in [0.2, 0.25) is 6.41 Å². The predicted octanol–water partition coefficient (Wildman–Crippen LogP) is 2.89. The van der Waals surface area contributed by atoms with Crippen LogP contribution in [0.1, 0.15) is 25.3 Å². The van der Waals surface area contributed by atoms with E-state index in [1.807, 2.05) is 10.6 Å². The number of anilines is 1. The molecule has 0 aliphatic carbocycles. The SMILES string of the molecule is CCCCn1c2cncc(O)c2c2c(NC=O)c(CC(=O)O)ccc21. The molecule has 2 aromatic heterocycles. The molecule has 0 aliphatic heterocycles. The number of carboxylic acid groups (broad SMARTS) is 1. The number of aromatic nitrogens is 2. The van der Waals surface area contributed by atoms with Crippen LogP contribution in [0.4, 0.5) is 5.69 Å². The molecule has 0 atom stereocenters. The molecule has 2 heterocycles. The molecule has 0 unspecified atom stereocenters. The molecular formula is C18H19N3O4. The highest BCUT2D eigenvalue weighted by Gasteiger charge is 2.20. The van der Waals surface area contributed by atoms with Crippen LogP contribution in [0, 0.1) is 0 Å². The third-order valence-corrected chi connectivity index (χ3v) is 4.29. The molecule has 25 heavy (non-hydrogen) atoms. The average molecular weight is 341 g/mol. The summed E-state index contributed by atoms with van der Waals surface area (Å²) >= 11 is 0. The molecule has 1 aromatic carbocycles. The smallest absolute Gasteiger partial charge is 0.307 e. The fourth-order valence-corrected chi connectivity index (χ4v) is 3.23. The Morgan fingerprint density at radius 1 is 1.28 bits per heavy atom. The lowest BCUT2D eigenvalue weighted by Gasteiger charge is -2.10. The number of unbranched alkanes of at least 4 members (excludes halogenated alkanes) is 1. The van der Waals surface area contributed by atoms with Gasteiger partial charge in [0.05, 0.1) is 40.9 Å². The first-order valence-corrected chi connectivity index (χ1v) is 8.11. The number of pyridine rings is 1. The molecule has 7 nitrogen and oxygen atoms in total. The number of benzene rings is 1. The monoisotopic (exact) mass is 341 g/mol. The van der Waals surface area contributed by atoms with E-state index < -0.39 is 5.97 Å². The van der Waals surface area contributed by atoms with E-state index in [9.17, 15) is 14.7 Å². The van der Waals surface area contributed by atoms with E-state index in [-0.39, 0.29) is 12.2 Å². The predicted molar refractivity (Wildman–Crippen MR) is 94.8 cm³/mol. The highest BCUT2D eigenvalue weighted by Crippen LogP contribution is 2.40. The van der Waals surface area contributed by atoms with Gasteiger partial charge in [0.25, 0.3) is 0 Å². The summed E-state index contributed by atoms with van der Waals surface area (Å²) < 4.78 is 2.04. The molecule has 3 rings (SSSR count). The number of nitrogens with one attached hydrogen (secondary N) is 1. The third-order valence-electron chi connectivity index (χ3n) is 4.29. The Morgan fingerprint density at radius 3 is 2.76 bits per heavy atom.